The molecule has 5 nitrogen and oxygen atoms in total. The van der Waals surface area contributed by atoms with E-state index in [1.807, 2.05) is 12.4 Å². The lowest BCUT2D eigenvalue weighted by Gasteiger charge is -2.12. The molecule has 11 aromatic carbocycles. The van der Waals surface area contributed by atoms with Crippen molar-refractivity contribution in [1.82, 2.24) is 24.5 Å². The molecule has 0 bridgehead atoms. The molecule has 0 fully saturated rings. The molecule has 0 saturated heterocycles. The molecule has 14 rings (SSSR count). The number of rotatable bonds is 5. The highest BCUT2D eigenvalue weighted by atomic mass is 15.0. The van der Waals surface area contributed by atoms with Crippen molar-refractivity contribution < 1.29 is 0 Å². The third-order valence-corrected chi connectivity index (χ3v) is 14.6. The van der Waals surface area contributed by atoms with E-state index in [-0.39, 0.29) is 0 Å². The Morgan fingerprint density at radius 2 is 0.662 bits per heavy atom. The number of fused-ring (bicyclic) bond motifs is 15. The first-order valence-corrected chi connectivity index (χ1v) is 24.3. The van der Waals surface area contributed by atoms with Gasteiger partial charge in [0.05, 0.1) is 56.9 Å². The van der Waals surface area contributed by atoms with Crippen LogP contribution in [0, 0.1) is 27.7 Å². The minimum absolute atomic E-state index is 0.850. The number of hydrogen-bond donors (Lipinski definition) is 0. The summed E-state index contributed by atoms with van der Waals surface area (Å²) >= 11 is 0. The van der Waals surface area contributed by atoms with Crippen LogP contribution in [0.1, 0.15) is 22.3 Å². The maximum atomic E-state index is 5.37. The van der Waals surface area contributed by atoms with Crippen molar-refractivity contribution >= 4 is 87.0 Å². The lowest BCUT2D eigenvalue weighted by molar-refractivity contribution is 1.18. The van der Waals surface area contributed by atoms with Crippen molar-refractivity contribution in [3.05, 3.63) is 223 Å². The molecular formula is C66H45N5. The molecule has 0 aliphatic rings. The highest BCUT2D eigenvalue weighted by Gasteiger charge is 2.18. The van der Waals surface area contributed by atoms with Crippen molar-refractivity contribution in [2.24, 2.45) is 0 Å². The summed E-state index contributed by atoms with van der Waals surface area (Å²) in [6.07, 6.45) is 3.87. The van der Waals surface area contributed by atoms with Gasteiger partial charge < -0.3 is 4.57 Å². The van der Waals surface area contributed by atoms with E-state index < -0.39 is 0 Å². The largest absolute Gasteiger partial charge is 0.309 e. The summed E-state index contributed by atoms with van der Waals surface area (Å²) < 4.78 is 2.38. The first kappa shape index (κ1) is 41.0. The predicted octanol–water partition coefficient (Wildman–Crippen LogP) is 17.2. The standard InChI is InChI=1S/C66H45N5/c1-38-16-22-49-53(28-38)55-30-40(3)18-24-51(55)65-63(49)67-36-59(69-65)46-12-8-10-42(32-46)44-20-26-61-57(34-44)58-35-45(21-27-62(58)71(61)48-14-6-5-7-15-48)43-11-9-13-47(33-43)60-37-68-64-50-23-17-39(2)29-54(50)56-31-41(4)19-25-52(56)66(64)70-60/h5-37H,1-4H3. The van der Waals surface area contributed by atoms with Gasteiger partial charge in [-0.1, -0.05) is 162 Å². The topological polar surface area (TPSA) is 56.5 Å². The molecule has 0 N–H and O–H groups in total. The van der Waals surface area contributed by atoms with Crippen LogP contribution in [-0.2, 0) is 0 Å². The van der Waals surface area contributed by atoms with E-state index in [9.17, 15) is 0 Å². The maximum absolute atomic E-state index is 5.37. The number of para-hydroxylation sites is 1. The zero-order valence-corrected chi connectivity index (χ0v) is 39.8. The van der Waals surface area contributed by atoms with Gasteiger partial charge in [0.25, 0.3) is 0 Å². The number of nitrogens with zero attached hydrogens (tertiary/aromatic N) is 5. The van der Waals surface area contributed by atoms with Crippen LogP contribution in [0.25, 0.3) is 137 Å². The molecule has 71 heavy (non-hydrogen) atoms. The summed E-state index contributed by atoms with van der Waals surface area (Å²) in [4.78, 5) is 21.0. The van der Waals surface area contributed by atoms with Crippen molar-refractivity contribution in [1.29, 1.82) is 0 Å². The second-order valence-electron chi connectivity index (χ2n) is 19.4. The SMILES string of the molecule is Cc1ccc2c(c1)c1cc(C)ccc1c1nc(-c3cccc(-c4ccc5c(c4)c4cc(-c6cccc(-c7cnc8c9ccc(C)cc9c9cc(C)ccc9c8n7)c6)ccc4n5-c4ccccc4)c3)cnc21. The van der Waals surface area contributed by atoms with Crippen LogP contribution < -0.4 is 0 Å². The summed E-state index contributed by atoms with van der Waals surface area (Å²) in [7, 11) is 0. The highest BCUT2D eigenvalue weighted by molar-refractivity contribution is 6.24. The number of aryl methyl sites for hydroxylation is 4. The zero-order valence-electron chi connectivity index (χ0n) is 39.8. The van der Waals surface area contributed by atoms with Crippen LogP contribution in [0.3, 0.4) is 0 Å². The minimum Gasteiger partial charge on any atom is -0.309 e. The quantitative estimate of drug-likeness (QED) is 0.161. The van der Waals surface area contributed by atoms with Gasteiger partial charge in [-0.2, -0.15) is 0 Å². The first-order valence-electron chi connectivity index (χ1n) is 24.3. The van der Waals surface area contributed by atoms with Crippen LogP contribution in [-0.4, -0.2) is 24.5 Å². The van der Waals surface area contributed by atoms with Gasteiger partial charge in [-0.05, 0) is 120 Å². The minimum atomic E-state index is 0.850. The fourth-order valence-corrected chi connectivity index (χ4v) is 11.1. The molecule has 0 atom stereocenters. The average Bonchev–Trinajstić information content (AvgIpc) is 3.74. The molecule has 0 spiro atoms. The summed E-state index contributed by atoms with van der Waals surface area (Å²) in [6.45, 7) is 8.60. The molecule has 0 amide bonds. The zero-order chi connectivity index (χ0) is 47.5. The Bertz CT molecular complexity index is 4290. The van der Waals surface area contributed by atoms with Crippen molar-refractivity contribution in [2.45, 2.75) is 27.7 Å². The second kappa shape index (κ2) is 15.7. The van der Waals surface area contributed by atoms with Gasteiger partial charge in [-0.25, -0.2) is 9.97 Å². The normalized spacial score (nSPS) is 11.9. The third kappa shape index (κ3) is 6.61. The smallest absolute Gasteiger partial charge is 0.0979 e. The molecular weight excluding hydrogens is 863 g/mol. The monoisotopic (exact) mass is 907 g/mol. The molecule has 14 aromatic rings. The lowest BCUT2D eigenvalue weighted by Crippen LogP contribution is -1.94. The lowest BCUT2D eigenvalue weighted by atomic mass is 9.96. The van der Waals surface area contributed by atoms with Crippen molar-refractivity contribution in [3.8, 4) is 50.5 Å². The number of aromatic nitrogens is 5. The van der Waals surface area contributed by atoms with E-state index in [1.165, 1.54) is 54.6 Å². The van der Waals surface area contributed by atoms with Gasteiger partial charge in [0.15, 0.2) is 0 Å². The number of hydrogen-bond acceptors (Lipinski definition) is 4. The van der Waals surface area contributed by atoms with Crippen LogP contribution in [0.4, 0.5) is 0 Å². The number of benzene rings is 11. The summed E-state index contributed by atoms with van der Waals surface area (Å²) in [5.41, 5.74) is 20.3. The summed E-state index contributed by atoms with van der Waals surface area (Å²) in [5, 5.41) is 11.7. The van der Waals surface area contributed by atoms with Crippen LogP contribution in [0.2, 0.25) is 0 Å². The third-order valence-electron chi connectivity index (χ3n) is 14.6. The van der Waals surface area contributed by atoms with Gasteiger partial charge in [0.2, 0.25) is 0 Å². The van der Waals surface area contributed by atoms with Gasteiger partial charge in [0.1, 0.15) is 0 Å². The van der Waals surface area contributed by atoms with E-state index in [0.717, 1.165) is 105 Å². The van der Waals surface area contributed by atoms with Gasteiger partial charge in [-0.15, -0.1) is 0 Å². The van der Waals surface area contributed by atoms with E-state index in [1.54, 1.807) is 0 Å². The Morgan fingerprint density at radius 3 is 1.08 bits per heavy atom. The molecule has 0 unspecified atom stereocenters. The molecule has 0 radical (unpaired) electrons. The molecule has 0 saturated carbocycles. The summed E-state index contributed by atoms with van der Waals surface area (Å²) in [6, 6.07) is 68.5. The van der Waals surface area contributed by atoms with Gasteiger partial charge in [-0.3, -0.25) is 9.97 Å². The second-order valence-corrected chi connectivity index (χ2v) is 19.4. The molecule has 334 valence electrons. The van der Waals surface area contributed by atoms with Crippen molar-refractivity contribution in [2.75, 3.05) is 0 Å². The molecule has 5 heteroatoms. The van der Waals surface area contributed by atoms with Gasteiger partial charge in [0, 0.05) is 49.1 Å². The highest BCUT2D eigenvalue weighted by Crippen LogP contribution is 2.41. The van der Waals surface area contributed by atoms with Gasteiger partial charge >= 0.3 is 0 Å². The van der Waals surface area contributed by atoms with E-state index in [2.05, 4.69) is 220 Å². The Hall–Kier alpha value is -9.06. The van der Waals surface area contributed by atoms with Crippen molar-refractivity contribution in [3.63, 3.8) is 0 Å². The molecule has 3 aromatic heterocycles. The molecule has 3 heterocycles. The first-order chi connectivity index (χ1) is 34.8. The summed E-state index contributed by atoms with van der Waals surface area (Å²) in [5.74, 6) is 0. The predicted molar refractivity (Wildman–Crippen MR) is 298 cm³/mol. The molecule has 0 aliphatic carbocycles. The average molecular weight is 908 g/mol. The van der Waals surface area contributed by atoms with Crippen LogP contribution in [0.15, 0.2) is 200 Å². The van der Waals surface area contributed by atoms with Crippen LogP contribution in [0.5, 0.6) is 0 Å². The van der Waals surface area contributed by atoms with E-state index >= 15 is 0 Å². The Kier molecular flexibility index (Phi) is 9.08. The Balaban J connectivity index is 0.884. The Labute approximate surface area is 410 Å². The van der Waals surface area contributed by atoms with E-state index in [0.29, 0.717) is 0 Å². The van der Waals surface area contributed by atoms with E-state index in [4.69, 9.17) is 19.9 Å². The fourth-order valence-electron chi connectivity index (χ4n) is 11.1. The van der Waals surface area contributed by atoms with Crippen LogP contribution >= 0.6 is 0 Å². The fraction of sp³-hybridized carbons (Fsp3) is 0.0606. The Morgan fingerprint density at radius 1 is 0.282 bits per heavy atom. The molecule has 0 aliphatic heterocycles. The maximum Gasteiger partial charge on any atom is 0.0979 e.